The molecule has 0 heterocycles. The second kappa shape index (κ2) is 7.56. The topological polar surface area (TPSA) is 116 Å². The molecule has 0 aromatic heterocycles. The summed E-state index contributed by atoms with van der Waals surface area (Å²) in [7, 11) is 0. The highest BCUT2D eigenvalue weighted by Gasteiger charge is 2.28. The van der Waals surface area contributed by atoms with Gasteiger partial charge in [-0.1, -0.05) is 0 Å². The molecule has 0 saturated heterocycles. The summed E-state index contributed by atoms with van der Waals surface area (Å²) < 4.78 is 22.5. The maximum Gasteiger partial charge on any atom is 0.393 e. The number of rotatable bonds is 8. The van der Waals surface area contributed by atoms with E-state index in [1.165, 1.54) is 6.07 Å². The summed E-state index contributed by atoms with van der Waals surface area (Å²) in [5.41, 5.74) is -1.01. The van der Waals surface area contributed by atoms with E-state index in [0.29, 0.717) is 0 Å². The number of hydrogen-bond acceptors (Lipinski definition) is 7. The van der Waals surface area contributed by atoms with Crippen LogP contribution in [0.3, 0.4) is 0 Å². The van der Waals surface area contributed by atoms with E-state index in [2.05, 4.69) is 0 Å². The molecular weight excluding hydrogens is 321 g/mol. The van der Waals surface area contributed by atoms with E-state index < -0.39 is 28.9 Å². The third-order valence-corrected chi connectivity index (χ3v) is 5.96. The highest BCUT2D eigenvalue weighted by atomic mass is 32.7. The van der Waals surface area contributed by atoms with Crippen molar-refractivity contribution in [2.75, 3.05) is 13.2 Å². The molecule has 8 nitrogen and oxygen atoms in total. The van der Waals surface area contributed by atoms with Crippen molar-refractivity contribution in [3.63, 3.8) is 0 Å². The normalized spacial score (nSPS) is 11.3. The zero-order chi connectivity index (χ0) is 16.0. The van der Waals surface area contributed by atoms with E-state index in [1.54, 1.807) is 13.8 Å². The monoisotopic (exact) mass is 335 g/mol. The predicted molar refractivity (Wildman–Crippen MR) is 76.8 cm³/mol. The van der Waals surface area contributed by atoms with Gasteiger partial charge in [0.1, 0.15) is 5.56 Å². The minimum absolute atomic E-state index is 0.156. The van der Waals surface area contributed by atoms with Crippen molar-refractivity contribution < 1.29 is 28.4 Å². The Morgan fingerprint density at radius 3 is 2.38 bits per heavy atom. The van der Waals surface area contributed by atoms with Crippen LogP contribution in [-0.4, -0.2) is 29.2 Å². The van der Waals surface area contributed by atoms with Crippen LogP contribution in [-0.2, 0) is 13.6 Å². The molecule has 0 atom stereocenters. The first-order valence-electron chi connectivity index (χ1n) is 5.93. The average Bonchev–Trinajstić information content (AvgIpc) is 2.38. The summed E-state index contributed by atoms with van der Waals surface area (Å²) in [5, 5.41) is 19.8. The molecule has 0 aliphatic heterocycles. The molecule has 21 heavy (non-hydrogen) atoms. The molecule has 0 spiro atoms. The van der Waals surface area contributed by atoms with Crippen LogP contribution >= 0.6 is 18.2 Å². The van der Waals surface area contributed by atoms with Crippen molar-refractivity contribution in [2.45, 2.75) is 18.7 Å². The van der Waals surface area contributed by atoms with Crippen LogP contribution in [0.5, 0.6) is 0 Å². The molecule has 1 rings (SSSR count). The first-order valence-corrected chi connectivity index (χ1v) is 8.89. The van der Waals surface area contributed by atoms with Crippen LogP contribution < -0.4 is 0 Å². The summed E-state index contributed by atoms with van der Waals surface area (Å²) in [5.74, 6) is -1.44. The van der Waals surface area contributed by atoms with Crippen LogP contribution in [0.2, 0.25) is 0 Å². The number of carboxylic acids is 1. The number of carboxylic acid groups (broad SMARTS) is 1. The second-order valence-corrected chi connectivity index (χ2v) is 7.57. The lowest BCUT2D eigenvalue weighted by Gasteiger charge is -2.15. The average molecular weight is 335 g/mol. The van der Waals surface area contributed by atoms with Crippen molar-refractivity contribution in [3.8, 4) is 0 Å². The van der Waals surface area contributed by atoms with Crippen LogP contribution in [0.25, 0.3) is 0 Å². The van der Waals surface area contributed by atoms with Gasteiger partial charge in [0, 0.05) is 11.0 Å². The third kappa shape index (κ3) is 4.82. The Kier molecular flexibility index (Phi) is 6.35. The van der Waals surface area contributed by atoms with Gasteiger partial charge in [0.15, 0.2) is 0 Å². The van der Waals surface area contributed by atoms with Gasteiger partial charge in [0.05, 0.1) is 18.1 Å². The Bertz CT molecular complexity index is 582. The molecule has 0 fully saturated rings. The minimum Gasteiger partial charge on any atom is -0.477 e. The van der Waals surface area contributed by atoms with Gasteiger partial charge in [-0.05, 0) is 37.4 Å². The predicted octanol–water partition coefficient (Wildman–Crippen LogP) is 3.57. The molecule has 116 valence electrons. The molecule has 0 amide bonds. The summed E-state index contributed by atoms with van der Waals surface area (Å²) in [6.07, 6.45) is 0. The second-order valence-electron chi connectivity index (χ2n) is 3.62. The zero-order valence-electron chi connectivity index (χ0n) is 11.3. The van der Waals surface area contributed by atoms with E-state index >= 15 is 0 Å². The van der Waals surface area contributed by atoms with E-state index in [-0.39, 0.29) is 18.1 Å². The smallest absolute Gasteiger partial charge is 0.393 e. The molecule has 10 heteroatoms. The largest absolute Gasteiger partial charge is 0.477 e. The van der Waals surface area contributed by atoms with Crippen LogP contribution in [0.1, 0.15) is 24.2 Å². The maximum absolute atomic E-state index is 12.3. The van der Waals surface area contributed by atoms with Crippen LogP contribution in [0, 0.1) is 10.1 Å². The molecule has 0 saturated carbocycles. The summed E-state index contributed by atoms with van der Waals surface area (Å²) in [4.78, 5) is 21.3. The highest BCUT2D eigenvalue weighted by molar-refractivity contribution is 8.55. The van der Waals surface area contributed by atoms with Gasteiger partial charge in [0.25, 0.3) is 5.69 Å². The molecular formula is C11H14NO7PS. The standard InChI is InChI=1S/C11H14NO7PS/c1-3-18-20(17,19-4-2)21-8-5-6-10(12(15)16)9(7-8)11(13)14/h5-7H,3-4H2,1-2H3,(H,13,14). The number of hydrogen-bond donors (Lipinski definition) is 1. The van der Waals surface area contributed by atoms with E-state index in [1.807, 2.05) is 0 Å². The van der Waals surface area contributed by atoms with Crippen LogP contribution in [0.15, 0.2) is 23.1 Å². The summed E-state index contributed by atoms with van der Waals surface area (Å²) >= 11 is 0.717. The van der Waals surface area contributed by atoms with Gasteiger partial charge in [0.2, 0.25) is 0 Å². The van der Waals surface area contributed by atoms with Gasteiger partial charge >= 0.3 is 12.8 Å². The fraction of sp³-hybridized carbons (Fsp3) is 0.364. The van der Waals surface area contributed by atoms with Crippen molar-refractivity contribution in [1.82, 2.24) is 0 Å². The number of carbonyl (C=O) groups is 1. The summed E-state index contributed by atoms with van der Waals surface area (Å²) in [6.45, 7) is 0.123. The maximum atomic E-state index is 12.3. The fourth-order valence-corrected chi connectivity index (χ4v) is 4.87. The van der Waals surface area contributed by atoms with E-state index in [4.69, 9.17) is 14.2 Å². The molecule has 0 unspecified atom stereocenters. The lowest BCUT2D eigenvalue weighted by atomic mass is 10.2. The zero-order valence-corrected chi connectivity index (χ0v) is 13.1. The third-order valence-electron chi connectivity index (χ3n) is 2.19. The van der Waals surface area contributed by atoms with Gasteiger partial charge in [-0.3, -0.25) is 10.1 Å². The minimum atomic E-state index is -3.48. The highest BCUT2D eigenvalue weighted by Crippen LogP contribution is 2.63. The molecule has 1 N–H and O–H groups in total. The number of nitro groups is 1. The Balaban J connectivity index is 3.14. The van der Waals surface area contributed by atoms with Crippen molar-refractivity contribution in [3.05, 3.63) is 33.9 Å². The number of benzene rings is 1. The molecule has 1 aromatic rings. The Labute approximate surface area is 124 Å². The Morgan fingerprint density at radius 1 is 1.38 bits per heavy atom. The number of aromatic carboxylic acids is 1. The van der Waals surface area contributed by atoms with Gasteiger partial charge in [-0.2, -0.15) is 0 Å². The Hall–Kier alpha value is -1.41. The van der Waals surface area contributed by atoms with Crippen molar-refractivity contribution in [2.24, 2.45) is 0 Å². The fourth-order valence-electron chi connectivity index (χ4n) is 1.44. The number of nitro benzene ring substituents is 1. The van der Waals surface area contributed by atoms with Gasteiger partial charge in [-0.25, -0.2) is 9.36 Å². The van der Waals surface area contributed by atoms with Crippen molar-refractivity contribution >= 4 is 29.8 Å². The quantitative estimate of drug-likeness (QED) is 0.435. The molecule has 1 aromatic carbocycles. The molecule has 0 aliphatic rings. The Morgan fingerprint density at radius 2 is 1.95 bits per heavy atom. The molecule has 0 radical (unpaired) electrons. The summed E-state index contributed by atoms with van der Waals surface area (Å²) in [6, 6.07) is 3.43. The SMILES string of the molecule is CCOP(=O)(OCC)Sc1ccc([N+](=O)[O-])c(C(=O)O)c1. The van der Waals surface area contributed by atoms with Gasteiger partial charge in [-0.15, -0.1) is 0 Å². The first kappa shape index (κ1) is 17.6. The van der Waals surface area contributed by atoms with Gasteiger partial charge < -0.3 is 14.2 Å². The molecule has 0 aliphatic carbocycles. The molecule has 0 bridgehead atoms. The lowest BCUT2D eigenvalue weighted by molar-refractivity contribution is -0.385. The van der Waals surface area contributed by atoms with E-state index in [9.17, 15) is 19.5 Å². The van der Waals surface area contributed by atoms with E-state index in [0.717, 1.165) is 23.5 Å². The first-order chi connectivity index (χ1) is 9.83. The number of nitrogens with zero attached hydrogens (tertiary/aromatic N) is 1. The van der Waals surface area contributed by atoms with Crippen LogP contribution in [0.4, 0.5) is 5.69 Å². The van der Waals surface area contributed by atoms with Crippen molar-refractivity contribution in [1.29, 1.82) is 0 Å². The lowest BCUT2D eigenvalue weighted by Crippen LogP contribution is -2.02.